The van der Waals surface area contributed by atoms with Crippen molar-refractivity contribution in [1.29, 1.82) is 0 Å². The van der Waals surface area contributed by atoms with Crippen LogP contribution in [0, 0.1) is 5.92 Å². The average Bonchev–Trinajstić information content (AvgIpc) is 2.45. The standard InChI is InChI=1S/C13H19F3N2O3/c1-9-8-18(6-7-21-9)11(19)10-2-4-17(5-3-10)12(20)13(14,15)16/h9-10H,2-8H2,1H3. The number of carbonyl (C=O) groups is 2. The molecule has 0 N–H and O–H groups in total. The van der Waals surface area contributed by atoms with Crippen LogP contribution in [0.4, 0.5) is 13.2 Å². The zero-order valence-corrected chi connectivity index (χ0v) is 11.9. The molecule has 120 valence electrons. The van der Waals surface area contributed by atoms with E-state index in [1.165, 1.54) is 0 Å². The lowest BCUT2D eigenvalue weighted by atomic mass is 9.95. The van der Waals surface area contributed by atoms with E-state index < -0.39 is 12.1 Å². The summed E-state index contributed by atoms with van der Waals surface area (Å²) in [6, 6.07) is 0. The Morgan fingerprint density at radius 2 is 1.71 bits per heavy atom. The molecule has 0 bridgehead atoms. The van der Waals surface area contributed by atoms with Crippen molar-refractivity contribution in [3.05, 3.63) is 0 Å². The van der Waals surface area contributed by atoms with Crippen LogP contribution in [0.1, 0.15) is 19.8 Å². The van der Waals surface area contributed by atoms with Gasteiger partial charge in [-0.15, -0.1) is 0 Å². The monoisotopic (exact) mass is 308 g/mol. The van der Waals surface area contributed by atoms with Gasteiger partial charge in [0.2, 0.25) is 5.91 Å². The van der Waals surface area contributed by atoms with E-state index in [-0.39, 0.29) is 43.9 Å². The summed E-state index contributed by atoms with van der Waals surface area (Å²) in [7, 11) is 0. The van der Waals surface area contributed by atoms with Crippen LogP contribution in [0.2, 0.25) is 0 Å². The summed E-state index contributed by atoms with van der Waals surface area (Å²) in [5, 5.41) is 0. The summed E-state index contributed by atoms with van der Waals surface area (Å²) in [6.07, 6.45) is -4.29. The van der Waals surface area contributed by atoms with Gasteiger partial charge in [-0.1, -0.05) is 0 Å². The lowest BCUT2D eigenvalue weighted by Gasteiger charge is -2.37. The topological polar surface area (TPSA) is 49.9 Å². The SMILES string of the molecule is CC1CN(C(=O)C2CCN(C(=O)C(F)(F)F)CC2)CCO1. The van der Waals surface area contributed by atoms with Crippen molar-refractivity contribution in [1.82, 2.24) is 9.80 Å². The second-order valence-electron chi connectivity index (χ2n) is 5.53. The van der Waals surface area contributed by atoms with Crippen LogP contribution >= 0.6 is 0 Å². The number of ether oxygens (including phenoxy) is 1. The van der Waals surface area contributed by atoms with Gasteiger partial charge < -0.3 is 14.5 Å². The van der Waals surface area contributed by atoms with Crippen molar-refractivity contribution in [3.8, 4) is 0 Å². The fourth-order valence-corrected chi connectivity index (χ4v) is 2.79. The molecule has 0 saturated carbocycles. The number of rotatable bonds is 1. The Bertz CT molecular complexity index is 406. The maximum Gasteiger partial charge on any atom is 0.471 e. The van der Waals surface area contributed by atoms with Crippen LogP contribution in [0.25, 0.3) is 0 Å². The van der Waals surface area contributed by atoms with E-state index >= 15 is 0 Å². The maximum absolute atomic E-state index is 12.3. The van der Waals surface area contributed by atoms with E-state index in [1.807, 2.05) is 6.92 Å². The molecular weight excluding hydrogens is 289 g/mol. The van der Waals surface area contributed by atoms with Crippen LogP contribution in [-0.4, -0.2) is 66.7 Å². The summed E-state index contributed by atoms with van der Waals surface area (Å²) in [5.41, 5.74) is 0. The highest BCUT2D eigenvalue weighted by Gasteiger charge is 2.44. The number of amides is 2. The number of halogens is 3. The summed E-state index contributed by atoms with van der Waals surface area (Å²) in [4.78, 5) is 25.9. The lowest BCUT2D eigenvalue weighted by molar-refractivity contribution is -0.187. The van der Waals surface area contributed by atoms with E-state index in [9.17, 15) is 22.8 Å². The zero-order chi connectivity index (χ0) is 15.6. The van der Waals surface area contributed by atoms with Gasteiger partial charge in [0, 0.05) is 32.1 Å². The third-order valence-electron chi connectivity index (χ3n) is 3.93. The van der Waals surface area contributed by atoms with Crippen LogP contribution in [0.15, 0.2) is 0 Å². The number of hydrogen-bond acceptors (Lipinski definition) is 3. The van der Waals surface area contributed by atoms with Crippen molar-refractivity contribution in [2.24, 2.45) is 5.92 Å². The van der Waals surface area contributed by atoms with Crippen molar-refractivity contribution < 1.29 is 27.5 Å². The second kappa shape index (κ2) is 6.21. The van der Waals surface area contributed by atoms with Crippen molar-refractivity contribution in [3.63, 3.8) is 0 Å². The summed E-state index contributed by atoms with van der Waals surface area (Å²) in [5.74, 6) is -2.15. The minimum absolute atomic E-state index is 0.0189. The minimum atomic E-state index is -4.84. The molecule has 5 nitrogen and oxygen atoms in total. The molecule has 2 fully saturated rings. The van der Waals surface area contributed by atoms with Gasteiger partial charge in [-0.3, -0.25) is 9.59 Å². The number of alkyl halides is 3. The van der Waals surface area contributed by atoms with E-state index in [2.05, 4.69) is 0 Å². The Labute approximate surface area is 121 Å². The first kappa shape index (κ1) is 16.1. The zero-order valence-electron chi connectivity index (χ0n) is 11.9. The molecular formula is C13H19F3N2O3. The molecule has 2 amide bonds. The third kappa shape index (κ3) is 3.87. The molecule has 0 radical (unpaired) electrons. The highest BCUT2D eigenvalue weighted by molar-refractivity contribution is 5.83. The first-order valence-electron chi connectivity index (χ1n) is 7.05. The van der Waals surface area contributed by atoms with Crippen LogP contribution in [-0.2, 0) is 14.3 Å². The number of piperidine rings is 1. The minimum Gasteiger partial charge on any atom is -0.375 e. The molecule has 2 saturated heterocycles. The highest BCUT2D eigenvalue weighted by atomic mass is 19.4. The fourth-order valence-electron chi connectivity index (χ4n) is 2.79. The fraction of sp³-hybridized carbons (Fsp3) is 0.846. The van der Waals surface area contributed by atoms with Crippen molar-refractivity contribution in [2.45, 2.75) is 32.0 Å². The number of hydrogen-bond donors (Lipinski definition) is 0. The van der Waals surface area contributed by atoms with Gasteiger partial charge in [-0.2, -0.15) is 13.2 Å². The Morgan fingerprint density at radius 1 is 1.10 bits per heavy atom. The van der Waals surface area contributed by atoms with Gasteiger partial charge in [0.25, 0.3) is 0 Å². The van der Waals surface area contributed by atoms with Gasteiger partial charge in [0.1, 0.15) is 0 Å². The smallest absolute Gasteiger partial charge is 0.375 e. The molecule has 2 heterocycles. The number of likely N-dealkylation sites (tertiary alicyclic amines) is 1. The third-order valence-corrected chi connectivity index (χ3v) is 3.93. The van der Waals surface area contributed by atoms with E-state index in [1.54, 1.807) is 4.90 Å². The maximum atomic E-state index is 12.3. The van der Waals surface area contributed by atoms with Gasteiger partial charge in [0.15, 0.2) is 0 Å². The van der Waals surface area contributed by atoms with Crippen molar-refractivity contribution >= 4 is 11.8 Å². The number of morpholine rings is 1. The molecule has 2 aliphatic rings. The van der Waals surface area contributed by atoms with E-state index in [4.69, 9.17) is 4.74 Å². The second-order valence-corrected chi connectivity index (χ2v) is 5.53. The number of carbonyl (C=O) groups excluding carboxylic acids is 2. The molecule has 0 aromatic rings. The molecule has 0 spiro atoms. The van der Waals surface area contributed by atoms with E-state index in [0.717, 1.165) is 4.90 Å². The summed E-state index contributed by atoms with van der Waals surface area (Å²) < 4.78 is 42.4. The largest absolute Gasteiger partial charge is 0.471 e. The van der Waals surface area contributed by atoms with Gasteiger partial charge in [0.05, 0.1) is 12.7 Å². The molecule has 0 aromatic heterocycles. The highest BCUT2D eigenvalue weighted by Crippen LogP contribution is 2.25. The van der Waals surface area contributed by atoms with Gasteiger partial charge >= 0.3 is 12.1 Å². The van der Waals surface area contributed by atoms with Crippen LogP contribution in [0.5, 0.6) is 0 Å². The van der Waals surface area contributed by atoms with Gasteiger partial charge in [-0.05, 0) is 19.8 Å². The van der Waals surface area contributed by atoms with Crippen LogP contribution < -0.4 is 0 Å². The van der Waals surface area contributed by atoms with Crippen LogP contribution in [0.3, 0.4) is 0 Å². The predicted molar refractivity (Wildman–Crippen MR) is 67.4 cm³/mol. The average molecular weight is 308 g/mol. The first-order chi connectivity index (χ1) is 9.79. The molecule has 1 unspecified atom stereocenters. The first-order valence-corrected chi connectivity index (χ1v) is 7.05. The molecule has 21 heavy (non-hydrogen) atoms. The predicted octanol–water partition coefficient (Wildman–Crippen LogP) is 1.03. The molecule has 8 heteroatoms. The van der Waals surface area contributed by atoms with Gasteiger partial charge in [-0.25, -0.2) is 0 Å². The Kier molecular flexibility index (Phi) is 4.75. The number of nitrogens with zero attached hydrogens (tertiary/aromatic N) is 2. The molecule has 1 atom stereocenters. The lowest BCUT2D eigenvalue weighted by Crippen LogP contribution is -2.51. The summed E-state index contributed by atoms with van der Waals surface area (Å²) >= 11 is 0. The summed E-state index contributed by atoms with van der Waals surface area (Å²) in [6.45, 7) is 3.36. The Morgan fingerprint density at radius 3 is 2.24 bits per heavy atom. The Balaban J connectivity index is 1.86. The Hall–Kier alpha value is -1.31. The normalized spacial score (nSPS) is 25.0. The molecule has 2 aliphatic heterocycles. The molecule has 0 aromatic carbocycles. The molecule has 2 rings (SSSR count). The van der Waals surface area contributed by atoms with E-state index in [0.29, 0.717) is 19.7 Å². The quantitative estimate of drug-likeness (QED) is 0.727. The molecule has 0 aliphatic carbocycles. The van der Waals surface area contributed by atoms with Crippen molar-refractivity contribution in [2.75, 3.05) is 32.8 Å².